The Morgan fingerprint density at radius 2 is 2.00 bits per heavy atom. The van der Waals surface area contributed by atoms with Crippen LogP contribution in [0.1, 0.15) is 25.3 Å². The maximum atomic E-state index is 12.1. The zero-order valence-corrected chi connectivity index (χ0v) is 14.2. The van der Waals surface area contributed by atoms with E-state index in [1.807, 2.05) is 0 Å². The molecule has 2 rings (SSSR count). The molecule has 0 spiro atoms. The second kappa shape index (κ2) is 8.71. The largest absolute Gasteiger partial charge is 0.480 e. The molecule has 0 radical (unpaired) electrons. The molecule has 2 aromatic rings. The predicted molar refractivity (Wildman–Crippen MR) is 88.9 cm³/mol. The van der Waals surface area contributed by atoms with Crippen LogP contribution in [0.5, 0.6) is 0 Å². The third-order valence-corrected chi connectivity index (χ3v) is 3.37. The fourth-order valence-corrected chi connectivity index (χ4v) is 2.10. The molecule has 3 amide bonds. The normalized spacial score (nSPS) is 14.0. The summed E-state index contributed by atoms with van der Waals surface area (Å²) in [5.74, 6) is -2.24. The van der Waals surface area contributed by atoms with E-state index in [2.05, 4.69) is 25.8 Å². The van der Waals surface area contributed by atoms with Gasteiger partial charge in [-0.2, -0.15) is 0 Å². The predicted octanol–water partition coefficient (Wildman–Crippen LogP) is -0.819. The average molecular weight is 378 g/mol. The van der Waals surface area contributed by atoms with Crippen LogP contribution in [-0.4, -0.2) is 55.4 Å². The minimum absolute atomic E-state index is 0.0645. The van der Waals surface area contributed by atoms with Gasteiger partial charge < -0.3 is 31.0 Å². The van der Waals surface area contributed by atoms with Crippen molar-refractivity contribution in [2.24, 2.45) is 5.73 Å². The lowest BCUT2D eigenvalue weighted by atomic mass is 10.2. The van der Waals surface area contributed by atoms with E-state index in [4.69, 9.17) is 15.3 Å². The molecule has 6 N–H and O–H groups in total. The van der Waals surface area contributed by atoms with Crippen molar-refractivity contribution >= 4 is 17.9 Å². The molecule has 0 saturated carbocycles. The number of urea groups is 1. The van der Waals surface area contributed by atoms with Crippen LogP contribution >= 0.6 is 0 Å². The number of carbonyl (C=O) groups is 3. The number of aliphatic hydroxyl groups is 1. The van der Waals surface area contributed by atoms with Crippen LogP contribution in [0, 0.1) is 0 Å². The van der Waals surface area contributed by atoms with Gasteiger partial charge in [0.2, 0.25) is 11.8 Å². The minimum atomic E-state index is -1.55. The van der Waals surface area contributed by atoms with Crippen LogP contribution in [0.2, 0.25) is 0 Å². The Morgan fingerprint density at radius 1 is 1.26 bits per heavy atom. The smallest absolute Gasteiger partial charge is 0.328 e. The molecule has 144 valence electrons. The van der Waals surface area contributed by atoms with E-state index >= 15 is 0 Å². The molecule has 0 aliphatic carbocycles. The number of amides is 3. The third kappa shape index (κ3) is 5.47. The van der Waals surface area contributed by atoms with Crippen LogP contribution in [0.3, 0.4) is 0 Å². The van der Waals surface area contributed by atoms with E-state index in [1.165, 1.54) is 13.1 Å². The highest BCUT2D eigenvalue weighted by molar-refractivity contribution is 5.83. The summed E-state index contributed by atoms with van der Waals surface area (Å²) in [6, 6.07) is 1.42. The molecular weight excluding hydrogens is 360 g/mol. The monoisotopic (exact) mass is 378 g/mol. The molecule has 0 aliphatic rings. The first-order valence-electron chi connectivity index (χ1n) is 7.79. The molecule has 3 atom stereocenters. The standard InChI is InChI=1S/C15H18N6O6/c1-7(22)11(14(24)25)19-15(26)18-9(6-10(16)23)13-21-20-12(27-13)8-4-2-3-5-17-8/h2-5,7,9,11,22H,6H2,1H3,(H2,16,23)(H,24,25)(H2,18,19,26)/t7?,9-,11?/m0/s1. The quantitative estimate of drug-likeness (QED) is 0.390. The number of primary amides is 1. The Balaban J connectivity index is 2.16. The van der Waals surface area contributed by atoms with Gasteiger partial charge in [-0.15, -0.1) is 10.2 Å². The number of carboxylic acid groups (broad SMARTS) is 1. The Morgan fingerprint density at radius 3 is 2.56 bits per heavy atom. The topological polar surface area (TPSA) is 194 Å². The molecule has 0 fully saturated rings. The van der Waals surface area contributed by atoms with Crippen LogP contribution in [-0.2, 0) is 9.59 Å². The second-order valence-corrected chi connectivity index (χ2v) is 5.56. The molecule has 2 heterocycles. The summed E-state index contributed by atoms with van der Waals surface area (Å²) in [6.45, 7) is 1.21. The average Bonchev–Trinajstić information content (AvgIpc) is 3.09. The van der Waals surface area contributed by atoms with Gasteiger partial charge in [0.05, 0.1) is 12.5 Å². The third-order valence-electron chi connectivity index (χ3n) is 3.37. The van der Waals surface area contributed by atoms with Crippen LogP contribution in [0.4, 0.5) is 4.79 Å². The Labute approximate surface area is 152 Å². The number of hydrogen-bond acceptors (Lipinski definition) is 8. The number of hydrogen-bond donors (Lipinski definition) is 5. The molecule has 0 bridgehead atoms. The van der Waals surface area contributed by atoms with Crippen LogP contribution in [0.15, 0.2) is 28.8 Å². The lowest BCUT2D eigenvalue weighted by Gasteiger charge is -2.19. The number of nitrogens with zero attached hydrogens (tertiary/aromatic N) is 3. The molecule has 12 heteroatoms. The summed E-state index contributed by atoms with van der Waals surface area (Å²) in [7, 11) is 0. The lowest BCUT2D eigenvalue weighted by molar-refractivity contribution is -0.141. The summed E-state index contributed by atoms with van der Waals surface area (Å²) < 4.78 is 5.43. The molecule has 27 heavy (non-hydrogen) atoms. The highest BCUT2D eigenvalue weighted by atomic mass is 16.4. The first-order valence-corrected chi connectivity index (χ1v) is 7.79. The van der Waals surface area contributed by atoms with Crippen molar-refractivity contribution in [2.75, 3.05) is 0 Å². The van der Waals surface area contributed by atoms with E-state index in [1.54, 1.807) is 18.2 Å². The van der Waals surface area contributed by atoms with Crippen molar-refractivity contribution in [1.29, 1.82) is 0 Å². The SMILES string of the molecule is CC(O)C(NC(=O)N[C@@H](CC(N)=O)c1nnc(-c2ccccn2)o1)C(=O)O. The Bertz CT molecular complexity index is 808. The summed E-state index contributed by atoms with van der Waals surface area (Å²) in [4.78, 5) is 38.4. The summed E-state index contributed by atoms with van der Waals surface area (Å²) in [5.41, 5.74) is 5.56. The van der Waals surface area contributed by atoms with Gasteiger partial charge in [-0.25, -0.2) is 9.59 Å². The van der Waals surface area contributed by atoms with Gasteiger partial charge in [-0.3, -0.25) is 9.78 Å². The van der Waals surface area contributed by atoms with Gasteiger partial charge >= 0.3 is 12.0 Å². The van der Waals surface area contributed by atoms with Crippen molar-refractivity contribution < 1.29 is 29.0 Å². The molecule has 2 unspecified atom stereocenters. The zero-order valence-electron chi connectivity index (χ0n) is 14.2. The number of pyridine rings is 1. The first kappa shape index (κ1) is 19.8. The Hall–Kier alpha value is -3.54. The van der Waals surface area contributed by atoms with Gasteiger partial charge in [0.1, 0.15) is 11.7 Å². The molecule has 2 aromatic heterocycles. The van der Waals surface area contributed by atoms with Crippen molar-refractivity contribution in [1.82, 2.24) is 25.8 Å². The second-order valence-electron chi connectivity index (χ2n) is 5.56. The molecule has 0 aliphatic heterocycles. The van der Waals surface area contributed by atoms with Crippen molar-refractivity contribution in [3.63, 3.8) is 0 Å². The van der Waals surface area contributed by atoms with Crippen LogP contribution < -0.4 is 16.4 Å². The van der Waals surface area contributed by atoms with E-state index < -0.39 is 36.1 Å². The van der Waals surface area contributed by atoms with Crippen LogP contribution in [0.25, 0.3) is 11.6 Å². The maximum Gasteiger partial charge on any atom is 0.328 e. The number of carboxylic acids is 1. The molecule has 0 saturated heterocycles. The maximum absolute atomic E-state index is 12.1. The van der Waals surface area contributed by atoms with Gasteiger partial charge in [-0.05, 0) is 19.1 Å². The highest BCUT2D eigenvalue weighted by Crippen LogP contribution is 2.20. The number of aliphatic carboxylic acids is 1. The fourth-order valence-electron chi connectivity index (χ4n) is 2.10. The van der Waals surface area contributed by atoms with E-state index in [-0.39, 0.29) is 18.2 Å². The molecule has 0 aromatic carbocycles. The first-order chi connectivity index (χ1) is 12.8. The minimum Gasteiger partial charge on any atom is -0.480 e. The van der Waals surface area contributed by atoms with Crippen molar-refractivity contribution in [3.8, 4) is 11.6 Å². The van der Waals surface area contributed by atoms with E-state index in [9.17, 15) is 19.5 Å². The van der Waals surface area contributed by atoms with E-state index in [0.717, 1.165) is 0 Å². The number of carbonyl (C=O) groups excluding carboxylic acids is 2. The number of nitrogens with one attached hydrogen (secondary N) is 2. The zero-order chi connectivity index (χ0) is 20.0. The van der Waals surface area contributed by atoms with Crippen molar-refractivity contribution in [3.05, 3.63) is 30.3 Å². The molecular formula is C15H18N6O6. The number of aliphatic hydroxyl groups excluding tert-OH is 1. The van der Waals surface area contributed by atoms with Gasteiger partial charge in [0.25, 0.3) is 5.89 Å². The van der Waals surface area contributed by atoms with Gasteiger partial charge in [0.15, 0.2) is 6.04 Å². The molecule has 12 nitrogen and oxygen atoms in total. The Kier molecular flexibility index (Phi) is 6.38. The number of nitrogens with two attached hydrogens (primary N) is 1. The number of aromatic nitrogens is 3. The summed E-state index contributed by atoms with van der Waals surface area (Å²) >= 11 is 0. The van der Waals surface area contributed by atoms with Crippen molar-refractivity contribution in [2.45, 2.75) is 31.5 Å². The van der Waals surface area contributed by atoms with Gasteiger partial charge in [0, 0.05) is 6.20 Å². The summed E-state index contributed by atoms with van der Waals surface area (Å²) in [6.07, 6.45) is -0.195. The number of rotatable bonds is 8. The fraction of sp³-hybridized carbons (Fsp3) is 0.333. The van der Waals surface area contributed by atoms with Gasteiger partial charge in [-0.1, -0.05) is 6.07 Å². The summed E-state index contributed by atoms with van der Waals surface area (Å²) in [5, 5.41) is 30.4. The highest BCUT2D eigenvalue weighted by Gasteiger charge is 2.28. The lowest BCUT2D eigenvalue weighted by Crippen LogP contribution is -2.52. The van der Waals surface area contributed by atoms with E-state index in [0.29, 0.717) is 5.69 Å².